The topological polar surface area (TPSA) is 48.0 Å². The fourth-order valence-corrected chi connectivity index (χ4v) is 4.75. The number of likely N-dealkylation sites (tertiary alicyclic amines) is 1. The molecule has 1 aromatic heterocycles. The van der Waals surface area contributed by atoms with Crippen LogP contribution in [0.5, 0.6) is 0 Å². The van der Waals surface area contributed by atoms with Crippen molar-refractivity contribution in [2.45, 2.75) is 64.0 Å². The van der Waals surface area contributed by atoms with Gasteiger partial charge >= 0.3 is 0 Å². The van der Waals surface area contributed by atoms with E-state index in [4.69, 9.17) is 11.6 Å². The molecule has 2 heterocycles. The van der Waals surface area contributed by atoms with Crippen molar-refractivity contribution >= 4 is 11.6 Å². The smallest absolute Gasteiger partial charge is 0.214 e. The molecule has 0 radical (unpaired) electrons. The molecule has 4 rings (SSSR count). The minimum absolute atomic E-state index is 0.191. The van der Waals surface area contributed by atoms with E-state index in [-0.39, 0.29) is 6.04 Å². The molecule has 5 nitrogen and oxygen atoms in total. The third-order valence-electron chi connectivity index (χ3n) is 6.23. The van der Waals surface area contributed by atoms with Crippen molar-refractivity contribution in [3.05, 3.63) is 40.7 Å². The minimum Gasteiger partial charge on any atom is -0.322 e. The Bertz CT molecular complexity index is 699. The maximum atomic E-state index is 6.15. The van der Waals surface area contributed by atoms with Gasteiger partial charge in [-0.3, -0.25) is 0 Å². The van der Waals surface area contributed by atoms with Crippen molar-refractivity contribution < 1.29 is 4.90 Å². The number of nitrogens with zero attached hydrogens (tertiary/aromatic N) is 4. The van der Waals surface area contributed by atoms with Gasteiger partial charge in [0.1, 0.15) is 0 Å². The van der Waals surface area contributed by atoms with E-state index in [1.807, 2.05) is 12.1 Å². The van der Waals surface area contributed by atoms with Gasteiger partial charge in [-0.2, -0.15) is 0 Å². The molecular formula is C20H29ClN5+. The summed E-state index contributed by atoms with van der Waals surface area (Å²) in [6.07, 6.45) is 8.82. The van der Waals surface area contributed by atoms with Crippen molar-refractivity contribution in [2.75, 3.05) is 13.1 Å². The van der Waals surface area contributed by atoms with Crippen LogP contribution in [0.15, 0.2) is 24.3 Å². The van der Waals surface area contributed by atoms with Gasteiger partial charge in [0.2, 0.25) is 5.82 Å². The molecule has 0 spiro atoms. The molecule has 0 unspecified atom stereocenters. The minimum atomic E-state index is 0.191. The van der Waals surface area contributed by atoms with Gasteiger partial charge in [-0.15, -0.1) is 5.10 Å². The van der Waals surface area contributed by atoms with E-state index in [1.54, 1.807) is 4.90 Å². The van der Waals surface area contributed by atoms with Crippen LogP contribution >= 0.6 is 11.6 Å². The van der Waals surface area contributed by atoms with Crippen LogP contribution in [0.1, 0.15) is 75.3 Å². The van der Waals surface area contributed by atoms with Crippen molar-refractivity contribution in [2.24, 2.45) is 5.92 Å². The molecule has 140 valence electrons. The van der Waals surface area contributed by atoms with Crippen molar-refractivity contribution in [3.8, 4) is 0 Å². The number of halogens is 1. The van der Waals surface area contributed by atoms with Crippen LogP contribution in [-0.2, 0) is 0 Å². The number of rotatable bonds is 4. The van der Waals surface area contributed by atoms with Crippen LogP contribution in [0, 0.1) is 5.92 Å². The summed E-state index contributed by atoms with van der Waals surface area (Å²) in [6, 6.07) is 8.92. The predicted octanol–water partition coefficient (Wildman–Crippen LogP) is 3.24. The standard InChI is InChI=1S/C20H28ClN5/c1-15-11-13-25(14-12-15)19(16-7-9-17(21)10-8-16)20-22-23-24-26(20)18-5-3-2-4-6-18/h7-10,15,18-19H,2-6,11-14H2,1H3/p+1/t19-/m0/s1. The van der Waals surface area contributed by atoms with Gasteiger partial charge in [-0.05, 0) is 54.2 Å². The fourth-order valence-electron chi connectivity index (χ4n) is 4.62. The Morgan fingerprint density at radius 2 is 1.73 bits per heavy atom. The summed E-state index contributed by atoms with van der Waals surface area (Å²) in [4.78, 5) is 1.58. The molecule has 0 bridgehead atoms. The Morgan fingerprint density at radius 3 is 2.42 bits per heavy atom. The molecule has 2 fully saturated rings. The lowest BCUT2D eigenvalue weighted by molar-refractivity contribution is -0.932. The third kappa shape index (κ3) is 3.79. The fraction of sp³-hybridized carbons (Fsp3) is 0.650. The average molecular weight is 375 g/mol. The molecule has 6 heteroatoms. The maximum absolute atomic E-state index is 6.15. The molecule has 0 amide bonds. The van der Waals surface area contributed by atoms with Crippen LogP contribution < -0.4 is 4.90 Å². The largest absolute Gasteiger partial charge is 0.322 e. The van der Waals surface area contributed by atoms with Crippen LogP contribution in [0.2, 0.25) is 5.02 Å². The Hall–Kier alpha value is -1.46. The maximum Gasteiger partial charge on any atom is 0.214 e. The lowest BCUT2D eigenvalue weighted by Crippen LogP contribution is -3.13. The zero-order valence-electron chi connectivity index (χ0n) is 15.6. The van der Waals surface area contributed by atoms with E-state index >= 15 is 0 Å². The molecule has 2 aromatic rings. The summed E-state index contributed by atoms with van der Waals surface area (Å²) in [5.41, 5.74) is 1.27. The van der Waals surface area contributed by atoms with E-state index in [9.17, 15) is 0 Å². The first-order valence-corrected chi connectivity index (χ1v) is 10.5. The SMILES string of the molecule is CC1CC[NH+]([C@@H](c2ccc(Cl)cc2)c2nnnn2C2CCCCC2)CC1. The number of tetrazole rings is 1. The Balaban J connectivity index is 1.69. The summed E-state index contributed by atoms with van der Waals surface area (Å²) in [7, 11) is 0. The second-order valence-corrected chi connectivity index (χ2v) is 8.54. The summed E-state index contributed by atoms with van der Waals surface area (Å²) < 4.78 is 2.14. The molecule has 1 aliphatic heterocycles. The van der Waals surface area contributed by atoms with Crippen LogP contribution in [0.4, 0.5) is 0 Å². The zero-order valence-corrected chi connectivity index (χ0v) is 16.3. The zero-order chi connectivity index (χ0) is 17.9. The molecule has 1 saturated heterocycles. The van der Waals surface area contributed by atoms with Crippen molar-refractivity contribution in [1.82, 2.24) is 20.2 Å². The van der Waals surface area contributed by atoms with E-state index in [0.29, 0.717) is 6.04 Å². The van der Waals surface area contributed by atoms with Gasteiger partial charge in [-0.25, -0.2) is 4.68 Å². The quantitative estimate of drug-likeness (QED) is 0.893. The summed E-state index contributed by atoms with van der Waals surface area (Å²) in [6.45, 7) is 4.71. The van der Waals surface area contributed by atoms with Crippen LogP contribution in [-0.4, -0.2) is 33.3 Å². The number of quaternary nitrogens is 1. The number of piperidine rings is 1. The Kier molecular flexibility index (Phi) is 5.55. The highest BCUT2D eigenvalue weighted by Crippen LogP contribution is 2.30. The van der Waals surface area contributed by atoms with Gasteiger partial charge < -0.3 is 4.90 Å². The van der Waals surface area contributed by atoms with Crippen LogP contribution in [0.3, 0.4) is 0 Å². The van der Waals surface area contributed by atoms with Crippen molar-refractivity contribution in [3.63, 3.8) is 0 Å². The molecule has 1 aliphatic carbocycles. The lowest BCUT2D eigenvalue weighted by Gasteiger charge is -2.34. The third-order valence-corrected chi connectivity index (χ3v) is 6.48. The molecular weight excluding hydrogens is 346 g/mol. The number of hydrogen-bond acceptors (Lipinski definition) is 3. The second-order valence-electron chi connectivity index (χ2n) is 8.10. The number of aromatic nitrogens is 4. The lowest BCUT2D eigenvalue weighted by atomic mass is 9.93. The highest BCUT2D eigenvalue weighted by Gasteiger charge is 2.35. The molecule has 1 aromatic carbocycles. The first-order chi connectivity index (χ1) is 12.7. The van der Waals surface area contributed by atoms with Gasteiger partial charge in [0, 0.05) is 10.6 Å². The molecule has 1 N–H and O–H groups in total. The van der Waals surface area contributed by atoms with Gasteiger partial charge in [0.15, 0.2) is 6.04 Å². The summed E-state index contributed by atoms with van der Waals surface area (Å²) >= 11 is 6.15. The summed E-state index contributed by atoms with van der Waals surface area (Å²) in [5, 5.41) is 13.8. The van der Waals surface area contributed by atoms with E-state index in [0.717, 1.165) is 16.8 Å². The predicted molar refractivity (Wildman–Crippen MR) is 102 cm³/mol. The second kappa shape index (κ2) is 8.05. The summed E-state index contributed by atoms with van der Waals surface area (Å²) in [5.74, 6) is 1.85. The molecule has 1 saturated carbocycles. The van der Waals surface area contributed by atoms with Gasteiger partial charge in [0.05, 0.1) is 19.1 Å². The molecule has 1 atom stereocenters. The first kappa shape index (κ1) is 17.9. The average Bonchev–Trinajstić information content (AvgIpc) is 3.15. The highest BCUT2D eigenvalue weighted by molar-refractivity contribution is 6.30. The normalized spacial score (nSPS) is 25.9. The Labute approximate surface area is 160 Å². The highest BCUT2D eigenvalue weighted by atomic mass is 35.5. The number of nitrogens with one attached hydrogen (secondary N) is 1. The molecule has 26 heavy (non-hydrogen) atoms. The van der Waals surface area contributed by atoms with Crippen molar-refractivity contribution in [1.29, 1.82) is 0 Å². The Morgan fingerprint density at radius 1 is 1.04 bits per heavy atom. The number of hydrogen-bond donors (Lipinski definition) is 1. The van der Waals surface area contributed by atoms with E-state index < -0.39 is 0 Å². The first-order valence-electron chi connectivity index (χ1n) is 10.1. The molecule has 2 aliphatic rings. The van der Waals surface area contributed by atoms with Crippen LogP contribution in [0.25, 0.3) is 0 Å². The number of benzene rings is 1. The van der Waals surface area contributed by atoms with Gasteiger partial charge in [-0.1, -0.05) is 49.9 Å². The van der Waals surface area contributed by atoms with E-state index in [2.05, 4.69) is 39.3 Å². The monoisotopic (exact) mass is 374 g/mol. The van der Waals surface area contributed by atoms with Gasteiger partial charge in [0.25, 0.3) is 0 Å². The van der Waals surface area contributed by atoms with E-state index in [1.165, 1.54) is 63.6 Å².